The van der Waals surface area contributed by atoms with Crippen molar-refractivity contribution in [1.29, 1.82) is 0 Å². The quantitative estimate of drug-likeness (QED) is 0.794. The monoisotopic (exact) mass is 275 g/mol. The molecule has 0 fully saturated rings. The molecule has 2 rings (SSSR count). The minimum atomic E-state index is -3.13. The molecule has 0 aromatic carbocycles. The van der Waals surface area contributed by atoms with Crippen molar-refractivity contribution in [3.05, 3.63) is 27.8 Å². The zero-order chi connectivity index (χ0) is 11.8. The van der Waals surface area contributed by atoms with Crippen LogP contribution < -0.4 is 5.32 Å². The van der Waals surface area contributed by atoms with Gasteiger partial charge in [0.15, 0.2) is 9.84 Å². The number of thiol groups is 1. The fraction of sp³-hybridized carbons (Fsp3) is 0.222. The van der Waals surface area contributed by atoms with E-state index < -0.39 is 15.9 Å². The Kier molecular flexibility index (Phi) is 3.09. The van der Waals surface area contributed by atoms with Gasteiger partial charge in [-0.1, -0.05) is 0 Å². The Morgan fingerprint density at radius 2 is 2.31 bits per heavy atom. The Balaban J connectivity index is 2.02. The number of rotatable bonds is 2. The van der Waals surface area contributed by atoms with Crippen molar-refractivity contribution in [1.82, 2.24) is 5.32 Å². The van der Waals surface area contributed by atoms with Gasteiger partial charge in [-0.2, -0.15) is 0 Å². The molecule has 0 spiro atoms. The van der Waals surface area contributed by atoms with E-state index in [1.165, 1.54) is 17.4 Å². The summed E-state index contributed by atoms with van der Waals surface area (Å²) in [6.07, 6.45) is 1.49. The first-order valence-corrected chi connectivity index (χ1v) is 7.50. The molecule has 16 heavy (non-hydrogen) atoms. The minimum absolute atomic E-state index is 0.0577. The standard InChI is InChI=1S/C9H9NO3S3/c11-9(8-3-7(14)4-15-8)10-6-1-2-16(12,13)5-6/h1-4,6,14H,5H2,(H,10,11). The SMILES string of the molecule is O=C(NC1C=CS(=O)(=O)C1)c1cc(S)cs1. The molecular weight excluding hydrogens is 266 g/mol. The molecule has 1 N–H and O–H groups in total. The van der Waals surface area contributed by atoms with Crippen LogP contribution in [0.25, 0.3) is 0 Å². The molecule has 0 radical (unpaired) electrons. The number of carbonyl (C=O) groups is 1. The van der Waals surface area contributed by atoms with Crippen LogP contribution in [0.5, 0.6) is 0 Å². The van der Waals surface area contributed by atoms with Gasteiger partial charge in [-0.3, -0.25) is 4.79 Å². The molecule has 0 bridgehead atoms. The van der Waals surface area contributed by atoms with Crippen molar-refractivity contribution < 1.29 is 13.2 Å². The number of hydrogen-bond donors (Lipinski definition) is 2. The largest absolute Gasteiger partial charge is 0.344 e. The van der Waals surface area contributed by atoms with Crippen LogP contribution in [0.15, 0.2) is 27.8 Å². The molecule has 1 aromatic heterocycles. The number of thiophene rings is 1. The van der Waals surface area contributed by atoms with E-state index in [1.54, 1.807) is 11.4 Å². The molecule has 1 atom stereocenters. The van der Waals surface area contributed by atoms with Crippen LogP contribution in [0.2, 0.25) is 0 Å². The van der Waals surface area contributed by atoms with Gasteiger partial charge in [0.25, 0.3) is 5.91 Å². The van der Waals surface area contributed by atoms with Gasteiger partial charge >= 0.3 is 0 Å². The van der Waals surface area contributed by atoms with Crippen LogP contribution in [0, 0.1) is 0 Å². The third-order valence-corrected chi connectivity index (χ3v) is 4.81. The lowest BCUT2D eigenvalue weighted by Crippen LogP contribution is -2.35. The first-order chi connectivity index (χ1) is 7.46. The van der Waals surface area contributed by atoms with Crippen molar-refractivity contribution in [3.8, 4) is 0 Å². The topological polar surface area (TPSA) is 63.2 Å². The van der Waals surface area contributed by atoms with E-state index in [-0.39, 0.29) is 11.7 Å². The van der Waals surface area contributed by atoms with E-state index >= 15 is 0 Å². The lowest BCUT2D eigenvalue weighted by Gasteiger charge is -2.08. The van der Waals surface area contributed by atoms with E-state index in [0.717, 1.165) is 10.3 Å². The second kappa shape index (κ2) is 4.23. The second-order valence-electron chi connectivity index (χ2n) is 3.41. The van der Waals surface area contributed by atoms with Gasteiger partial charge in [-0.05, 0) is 12.1 Å². The lowest BCUT2D eigenvalue weighted by molar-refractivity contribution is 0.0951. The maximum Gasteiger partial charge on any atom is 0.261 e. The minimum Gasteiger partial charge on any atom is -0.344 e. The van der Waals surface area contributed by atoms with Crippen molar-refractivity contribution in [2.24, 2.45) is 0 Å². The number of carbonyl (C=O) groups excluding carboxylic acids is 1. The van der Waals surface area contributed by atoms with E-state index in [2.05, 4.69) is 17.9 Å². The van der Waals surface area contributed by atoms with Gasteiger partial charge in [-0.15, -0.1) is 24.0 Å². The Bertz CT molecular complexity index is 544. The maximum absolute atomic E-state index is 11.7. The van der Waals surface area contributed by atoms with Crippen molar-refractivity contribution in [2.75, 3.05) is 5.75 Å². The van der Waals surface area contributed by atoms with Crippen LogP contribution in [0.3, 0.4) is 0 Å². The van der Waals surface area contributed by atoms with Gasteiger partial charge in [0.1, 0.15) is 0 Å². The molecule has 1 unspecified atom stereocenters. The summed E-state index contributed by atoms with van der Waals surface area (Å²) in [5.41, 5.74) is 0. The maximum atomic E-state index is 11.7. The number of nitrogens with one attached hydrogen (secondary N) is 1. The zero-order valence-corrected chi connectivity index (χ0v) is 10.6. The first-order valence-electron chi connectivity index (χ1n) is 4.45. The Morgan fingerprint density at radius 3 is 2.81 bits per heavy atom. The molecule has 86 valence electrons. The molecule has 1 aliphatic rings. The number of sulfone groups is 1. The van der Waals surface area contributed by atoms with Crippen LogP contribution in [0.1, 0.15) is 9.67 Å². The summed E-state index contributed by atoms with van der Waals surface area (Å²) in [5, 5.41) is 5.52. The van der Waals surface area contributed by atoms with E-state index in [9.17, 15) is 13.2 Å². The third-order valence-electron chi connectivity index (χ3n) is 2.06. The van der Waals surface area contributed by atoms with Gasteiger partial charge in [0.2, 0.25) is 0 Å². The fourth-order valence-corrected chi connectivity index (χ4v) is 3.64. The van der Waals surface area contributed by atoms with E-state index in [4.69, 9.17) is 0 Å². The highest BCUT2D eigenvalue weighted by molar-refractivity contribution is 7.94. The predicted octanol–water partition coefficient (Wildman–Crippen LogP) is 1.08. The molecular formula is C9H9NO3S3. The molecule has 0 saturated carbocycles. The summed E-state index contributed by atoms with van der Waals surface area (Å²) >= 11 is 5.38. The van der Waals surface area contributed by atoms with Crippen molar-refractivity contribution >= 4 is 39.7 Å². The smallest absolute Gasteiger partial charge is 0.261 e. The summed E-state index contributed by atoms with van der Waals surface area (Å²) < 4.78 is 22.2. The molecule has 7 heteroatoms. The highest BCUT2D eigenvalue weighted by atomic mass is 32.2. The molecule has 1 aliphatic heterocycles. The van der Waals surface area contributed by atoms with Gasteiger partial charge < -0.3 is 5.32 Å². The summed E-state index contributed by atoms with van der Waals surface area (Å²) in [7, 11) is -3.13. The number of amides is 1. The van der Waals surface area contributed by atoms with Crippen LogP contribution in [0.4, 0.5) is 0 Å². The fourth-order valence-electron chi connectivity index (χ4n) is 1.35. The average molecular weight is 275 g/mol. The lowest BCUT2D eigenvalue weighted by atomic mass is 10.3. The molecule has 0 saturated heterocycles. The predicted molar refractivity (Wildman–Crippen MR) is 65.8 cm³/mol. The second-order valence-corrected chi connectivity index (χ2v) is 6.77. The summed E-state index contributed by atoms with van der Waals surface area (Å²) in [5.74, 6) is -0.324. The highest BCUT2D eigenvalue weighted by Crippen LogP contribution is 2.18. The summed E-state index contributed by atoms with van der Waals surface area (Å²) in [4.78, 5) is 12.9. The zero-order valence-electron chi connectivity index (χ0n) is 8.08. The van der Waals surface area contributed by atoms with Gasteiger partial charge in [0, 0.05) is 15.7 Å². The van der Waals surface area contributed by atoms with E-state index in [1.807, 2.05) is 0 Å². The number of hydrogen-bond acceptors (Lipinski definition) is 5. The van der Waals surface area contributed by atoms with Crippen molar-refractivity contribution in [3.63, 3.8) is 0 Å². The third kappa shape index (κ3) is 2.66. The molecule has 4 nitrogen and oxygen atoms in total. The summed E-state index contributed by atoms with van der Waals surface area (Å²) in [6, 6.07) is 1.22. The highest BCUT2D eigenvalue weighted by Gasteiger charge is 2.23. The van der Waals surface area contributed by atoms with Crippen LogP contribution in [-0.2, 0) is 9.84 Å². The normalized spacial score (nSPS) is 22.2. The summed E-state index contributed by atoms with van der Waals surface area (Å²) in [6.45, 7) is 0. The Labute approximate surface area is 103 Å². The first kappa shape index (κ1) is 11.7. The van der Waals surface area contributed by atoms with Gasteiger partial charge in [-0.25, -0.2) is 8.42 Å². The average Bonchev–Trinajstić information content (AvgIpc) is 2.73. The Morgan fingerprint density at radius 1 is 1.56 bits per heavy atom. The molecule has 1 aromatic rings. The van der Waals surface area contributed by atoms with E-state index in [0.29, 0.717) is 4.88 Å². The van der Waals surface area contributed by atoms with Crippen molar-refractivity contribution in [2.45, 2.75) is 10.9 Å². The Hall–Kier alpha value is -0.790. The van der Waals surface area contributed by atoms with Gasteiger partial charge in [0.05, 0.1) is 16.7 Å². The van der Waals surface area contributed by atoms with Crippen LogP contribution >= 0.6 is 24.0 Å². The molecule has 2 heterocycles. The molecule has 1 amide bonds. The molecule has 0 aliphatic carbocycles. The van der Waals surface area contributed by atoms with Crippen LogP contribution in [-0.4, -0.2) is 26.1 Å².